The topological polar surface area (TPSA) is 106 Å². The molecule has 7 nitrogen and oxygen atoms in total. The standard InChI is InChI=1S/C27H26Cl2FN3O4/c1-15(24(31)34)14-37-27(16-4-6-18(28)7-5-16)23-21(10-17(11-22(23)30)26(2,3)36)25(35)33(27)13-20-9-8-19(29)12-32-20/h4-12,15,36H,13-14H2,1-3H3,(H2,31,34)/t15-,27-/m1/s1. The molecule has 4 rings (SSSR count). The van der Waals surface area contributed by atoms with E-state index in [4.69, 9.17) is 33.7 Å². The lowest BCUT2D eigenvalue weighted by Gasteiger charge is -2.40. The van der Waals surface area contributed by atoms with Crippen LogP contribution in [0, 0.1) is 11.7 Å². The van der Waals surface area contributed by atoms with Crippen molar-refractivity contribution in [2.75, 3.05) is 6.61 Å². The Balaban J connectivity index is 1.99. The van der Waals surface area contributed by atoms with E-state index in [0.29, 0.717) is 21.3 Å². The predicted octanol–water partition coefficient (Wildman–Crippen LogP) is 4.75. The minimum atomic E-state index is -1.79. The second-order valence-corrected chi connectivity index (χ2v) is 10.4. The van der Waals surface area contributed by atoms with Crippen molar-refractivity contribution in [2.24, 2.45) is 11.7 Å². The minimum Gasteiger partial charge on any atom is -0.386 e. The van der Waals surface area contributed by atoms with Gasteiger partial charge in [0.2, 0.25) is 5.91 Å². The molecule has 2 heterocycles. The van der Waals surface area contributed by atoms with Crippen LogP contribution in [0.3, 0.4) is 0 Å². The molecule has 0 unspecified atom stereocenters. The number of halogens is 3. The SMILES string of the molecule is C[C@H](CO[C@]1(c2ccc(Cl)cc2)c2c(F)cc(C(C)(C)O)cc2C(=O)N1Cc1ccc(Cl)cn1)C(N)=O. The fourth-order valence-corrected chi connectivity index (χ4v) is 4.52. The summed E-state index contributed by atoms with van der Waals surface area (Å²) in [4.78, 5) is 31.5. The van der Waals surface area contributed by atoms with E-state index in [-0.39, 0.29) is 29.8 Å². The molecule has 1 aromatic heterocycles. The van der Waals surface area contributed by atoms with Crippen molar-refractivity contribution < 1.29 is 23.8 Å². The number of nitrogens with two attached hydrogens (primary N) is 1. The van der Waals surface area contributed by atoms with Crippen molar-refractivity contribution in [3.63, 3.8) is 0 Å². The summed E-state index contributed by atoms with van der Waals surface area (Å²) in [7, 11) is 0. The molecule has 0 fully saturated rings. The third-order valence-electron chi connectivity index (χ3n) is 6.36. The van der Waals surface area contributed by atoms with Gasteiger partial charge in [-0.15, -0.1) is 0 Å². The first kappa shape index (κ1) is 27.0. The van der Waals surface area contributed by atoms with Gasteiger partial charge >= 0.3 is 0 Å². The predicted molar refractivity (Wildman–Crippen MR) is 137 cm³/mol. The first-order valence-electron chi connectivity index (χ1n) is 11.5. The van der Waals surface area contributed by atoms with Gasteiger partial charge in [-0.05, 0) is 55.8 Å². The summed E-state index contributed by atoms with van der Waals surface area (Å²) in [5.74, 6) is -2.65. The van der Waals surface area contributed by atoms with Crippen LogP contribution in [0.5, 0.6) is 0 Å². The highest BCUT2D eigenvalue weighted by atomic mass is 35.5. The minimum absolute atomic E-state index is 0.0211. The highest BCUT2D eigenvalue weighted by molar-refractivity contribution is 6.30. The van der Waals surface area contributed by atoms with E-state index in [0.717, 1.165) is 0 Å². The Bertz CT molecular complexity index is 1340. The number of amides is 2. The van der Waals surface area contributed by atoms with Gasteiger partial charge in [0.05, 0.1) is 46.5 Å². The molecule has 0 bridgehead atoms. The van der Waals surface area contributed by atoms with Crippen LogP contribution in [0.2, 0.25) is 10.0 Å². The number of pyridine rings is 1. The van der Waals surface area contributed by atoms with Crippen molar-refractivity contribution >= 4 is 35.0 Å². The van der Waals surface area contributed by atoms with Crippen LogP contribution in [0.25, 0.3) is 0 Å². The number of aromatic nitrogens is 1. The molecule has 3 aromatic rings. The normalized spacial score (nSPS) is 18.1. The fraction of sp³-hybridized carbons (Fsp3) is 0.296. The van der Waals surface area contributed by atoms with Gasteiger partial charge in [-0.2, -0.15) is 0 Å². The number of carbonyl (C=O) groups is 2. The molecule has 0 radical (unpaired) electrons. The smallest absolute Gasteiger partial charge is 0.257 e. The maximum absolute atomic E-state index is 16.0. The average Bonchev–Trinajstić information content (AvgIpc) is 3.07. The quantitative estimate of drug-likeness (QED) is 0.424. The molecule has 2 amide bonds. The highest BCUT2D eigenvalue weighted by Crippen LogP contribution is 2.48. The van der Waals surface area contributed by atoms with Gasteiger partial charge in [-0.3, -0.25) is 19.5 Å². The summed E-state index contributed by atoms with van der Waals surface area (Å²) in [6.45, 7) is 4.30. The number of primary amides is 1. The van der Waals surface area contributed by atoms with Crippen LogP contribution in [0.1, 0.15) is 53.5 Å². The summed E-state index contributed by atoms with van der Waals surface area (Å²) < 4.78 is 22.4. The van der Waals surface area contributed by atoms with Crippen LogP contribution in [-0.2, 0) is 27.4 Å². The van der Waals surface area contributed by atoms with E-state index in [1.54, 1.807) is 43.3 Å². The summed E-state index contributed by atoms with van der Waals surface area (Å²) >= 11 is 12.1. The van der Waals surface area contributed by atoms with Crippen LogP contribution >= 0.6 is 23.2 Å². The van der Waals surface area contributed by atoms with Gasteiger partial charge in [-0.1, -0.05) is 42.3 Å². The monoisotopic (exact) mass is 545 g/mol. The Hall–Kier alpha value is -3.04. The molecular weight excluding hydrogens is 520 g/mol. The van der Waals surface area contributed by atoms with Gasteiger partial charge in [0.25, 0.3) is 5.91 Å². The molecule has 1 aliphatic heterocycles. The zero-order valence-electron chi connectivity index (χ0n) is 20.5. The molecular formula is C27H26Cl2FN3O4. The van der Waals surface area contributed by atoms with Crippen molar-refractivity contribution in [1.82, 2.24) is 9.88 Å². The molecule has 0 saturated carbocycles. The van der Waals surface area contributed by atoms with Crippen LogP contribution in [-0.4, -0.2) is 33.4 Å². The van der Waals surface area contributed by atoms with Crippen molar-refractivity contribution in [3.05, 3.63) is 98.5 Å². The molecule has 10 heteroatoms. The molecule has 37 heavy (non-hydrogen) atoms. The van der Waals surface area contributed by atoms with E-state index in [9.17, 15) is 14.7 Å². The maximum atomic E-state index is 16.0. The van der Waals surface area contributed by atoms with Gasteiger partial charge < -0.3 is 15.6 Å². The van der Waals surface area contributed by atoms with Gasteiger partial charge in [0.1, 0.15) is 5.82 Å². The number of benzene rings is 2. The van der Waals surface area contributed by atoms with Crippen LogP contribution in [0.15, 0.2) is 54.7 Å². The second-order valence-electron chi connectivity index (χ2n) is 9.56. The molecule has 2 aromatic carbocycles. The maximum Gasteiger partial charge on any atom is 0.257 e. The molecule has 0 spiro atoms. The number of fused-ring (bicyclic) bond motifs is 1. The van der Waals surface area contributed by atoms with E-state index in [1.807, 2.05) is 0 Å². The average molecular weight is 546 g/mol. The molecule has 3 N–H and O–H groups in total. The van der Waals surface area contributed by atoms with Crippen molar-refractivity contribution in [1.29, 1.82) is 0 Å². The molecule has 194 valence electrons. The Morgan fingerprint density at radius 1 is 1.19 bits per heavy atom. The van der Waals surface area contributed by atoms with E-state index < -0.39 is 34.9 Å². The van der Waals surface area contributed by atoms with Crippen LogP contribution < -0.4 is 5.73 Å². The zero-order valence-corrected chi connectivity index (χ0v) is 22.0. The lowest BCUT2D eigenvalue weighted by Crippen LogP contribution is -2.48. The summed E-state index contributed by atoms with van der Waals surface area (Å²) in [5.41, 5.74) is 3.35. The van der Waals surface area contributed by atoms with E-state index in [2.05, 4.69) is 4.98 Å². The third kappa shape index (κ3) is 5.07. The lowest BCUT2D eigenvalue weighted by atomic mass is 9.88. The van der Waals surface area contributed by atoms with Crippen molar-refractivity contribution in [3.8, 4) is 0 Å². The number of hydrogen-bond acceptors (Lipinski definition) is 5. The number of hydrogen-bond donors (Lipinski definition) is 2. The number of aliphatic hydroxyl groups is 1. The number of carbonyl (C=O) groups excluding carboxylic acids is 2. The van der Waals surface area contributed by atoms with Gasteiger partial charge in [0.15, 0.2) is 5.72 Å². The molecule has 0 saturated heterocycles. The number of rotatable bonds is 8. The first-order chi connectivity index (χ1) is 17.3. The second kappa shape index (κ2) is 10.0. The Labute approximate surface area is 224 Å². The van der Waals surface area contributed by atoms with Crippen LogP contribution in [0.4, 0.5) is 4.39 Å². The Kier molecular flexibility index (Phi) is 7.32. The lowest BCUT2D eigenvalue weighted by molar-refractivity contribution is -0.138. The largest absolute Gasteiger partial charge is 0.386 e. The van der Waals surface area contributed by atoms with Gasteiger partial charge in [0, 0.05) is 16.8 Å². The third-order valence-corrected chi connectivity index (χ3v) is 6.84. The Morgan fingerprint density at radius 2 is 1.84 bits per heavy atom. The Morgan fingerprint density at radius 3 is 2.41 bits per heavy atom. The first-order valence-corrected chi connectivity index (χ1v) is 12.3. The van der Waals surface area contributed by atoms with Crippen molar-refractivity contribution in [2.45, 2.75) is 38.6 Å². The summed E-state index contributed by atoms with van der Waals surface area (Å²) in [6, 6.07) is 12.4. The molecule has 2 atom stereocenters. The zero-order chi connectivity index (χ0) is 27.1. The van der Waals surface area contributed by atoms with E-state index in [1.165, 1.54) is 37.1 Å². The fourth-order valence-electron chi connectivity index (χ4n) is 4.28. The summed E-state index contributed by atoms with van der Waals surface area (Å²) in [6.07, 6.45) is 1.44. The number of ether oxygens (including phenoxy) is 1. The van der Waals surface area contributed by atoms with Gasteiger partial charge in [-0.25, -0.2) is 4.39 Å². The number of nitrogens with zero attached hydrogens (tertiary/aromatic N) is 2. The molecule has 1 aliphatic rings. The summed E-state index contributed by atoms with van der Waals surface area (Å²) in [5, 5.41) is 11.4. The van der Waals surface area contributed by atoms with E-state index >= 15 is 4.39 Å². The molecule has 0 aliphatic carbocycles. The highest BCUT2D eigenvalue weighted by Gasteiger charge is 2.55.